The molecule has 126 valence electrons. The second kappa shape index (κ2) is 11.0. The summed E-state index contributed by atoms with van der Waals surface area (Å²) in [5.41, 5.74) is 5.74. The quantitative estimate of drug-likeness (QED) is 0.616. The van der Waals surface area contributed by atoms with Crippen molar-refractivity contribution in [2.24, 2.45) is 17.6 Å². The number of rotatable bonds is 11. The first kappa shape index (κ1) is 20.4. The van der Waals surface area contributed by atoms with Gasteiger partial charge in [-0.25, -0.2) is 0 Å². The van der Waals surface area contributed by atoms with Crippen LogP contribution in [0.2, 0.25) is 0 Å². The van der Waals surface area contributed by atoms with Crippen molar-refractivity contribution in [2.45, 2.75) is 71.9 Å². The van der Waals surface area contributed by atoms with Gasteiger partial charge in [-0.2, -0.15) is 0 Å². The summed E-state index contributed by atoms with van der Waals surface area (Å²) in [5, 5.41) is 3.14. The number of amides is 1. The van der Waals surface area contributed by atoms with E-state index in [4.69, 9.17) is 5.73 Å². The zero-order valence-electron chi connectivity index (χ0n) is 15.0. The smallest absolute Gasteiger partial charge is 0.222 e. The number of nitrogens with two attached hydrogens (primary N) is 1. The van der Waals surface area contributed by atoms with Crippen LogP contribution in [0.1, 0.15) is 59.8 Å². The van der Waals surface area contributed by atoms with Crippen molar-refractivity contribution in [1.29, 1.82) is 0 Å². The second-order valence-corrected chi connectivity index (χ2v) is 6.66. The summed E-state index contributed by atoms with van der Waals surface area (Å²) in [5.74, 6) is 0.888. The number of nitrogens with zero attached hydrogens (tertiary/aromatic N) is 1. The van der Waals surface area contributed by atoms with Gasteiger partial charge in [0, 0.05) is 24.5 Å². The van der Waals surface area contributed by atoms with Crippen molar-refractivity contribution < 1.29 is 4.79 Å². The predicted octanol–water partition coefficient (Wildman–Crippen LogP) is 2.62. The Morgan fingerprint density at radius 1 is 1.14 bits per heavy atom. The molecule has 0 saturated heterocycles. The summed E-state index contributed by atoms with van der Waals surface area (Å²) in [7, 11) is 4.20. The Labute approximate surface area is 131 Å². The van der Waals surface area contributed by atoms with Crippen LogP contribution in [0.25, 0.3) is 0 Å². The van der Waals surface area contributed by atoms with E-state index in [1.54, 1.807) is 0 Å². The molecule has 3 atom stereocenters. The minimum atomic E-state index is 0.0771. The van der Waals surface area contributed by atoms with Crippen LogP contribution in [0.4, 0.5) is 0 Å². The molecule has 0 aliphatic rings. The Kier molecular flexibility index (Phi) is 10.7. The second-order valence-electron chi connectivity index (χ2n) is 6.66. The number of nitrogens with one attached hydrogen (secondary N) is 1. The first-order chi connectivity index (χ1) is 9.83. The van der Waals surface area contributed by atoms with E-state index in [1.807, 2.05) is 13.8 Å². The molecule has 0 spiro atoms. The molecule has 3 N–H and O–H groups in total. The maximum Gasteiger partial charge on any atom is 0.222 e. The SMILES string of the molecule is CCC(CC)C(CNC(=O)C(C)CCCC(C)N)N(C)C. The van der Waals surface area contributed by atoms with Crippen molar-refractivity contribution in [3.05, 3.63) is 0 Å². The number of likely N-dealkylation sites (N-methyl/N-ethyl adjacent to an activating group) is 1. The molecule has 0 rings (SSSR count). The number of carbonyl (C=O) groups excluding carboxylic acids is 1. The van der Waals surface area contributed by atoms with Crippen LogP contribution in [0.15, 0.2) is 0 Å². The topological polar surface area (TPSA) is 58.4 Å². The Balaban J connectivity index is 4.23. The maximum atomic E-state index is 12.2. The standard InChI is InChI=1S/C17H37N3O/c1-7-15(8-2)16(20(5)6)12-19-17(21)13(3)10-9-11-14(4)18/h13-16H,7-12,18H2,1-6H3,(H,19,21). The van der Waals surface area contributed by atoms with Gasteiger partial charge in [-0.15, -0.1) is 0 Å². The van der Waals surface area contributed by atoms with E-state index in [0.717, 1.165) is 38.6 Å². The van der Waals surface area contributed by atoms with Crippen LogP contribution in [-0.2, 0) is 4.79 Å². The Morgan fingerprint density at radius 2 is 1.71 bits per heavy atom. The molecule has 0 aromatic carbocycles. The monoisotopic (exact) mass is 299 g/mol. The summed E-state index contributed by atoms with van der Waals surface area (Å²) in [6.45, 7) is 9.22. The summed E-state index contributed by atoms with van der Waals surface area (Å²) < 4.78 is 0. The van der Waals surface area contributed by atoms with Gasteiger partial charge >= 0.3 is 0 Å². The fourth-order valence-electron chi connectivity index (χ4n) is 2.86. The first-order valence-electron chi connectivity index (χ1n) is 8.53. The summed E-state index contributed by atoms with van der Waals surface area (Å²) in [6, 6.07) is 0.647. The minimum absolute atomic E-state index is 0.0771. The Morgan fingerprint density at radius 3 is 2.14 bits per heavy atom. The molecule has 0 aliphatic heterocycles. The third-order valence-electron chi connectivity index (χ3n) is 4.49. The summed E-state index contributed by atoms with van der Waals surface area (Å²) >= 11 is 0. The molecular formula is C17H37N3O. The van der Waals surface area contributed by atoms with E-state index in [1.165, 1.54) is 0 Å². The van der Waals surface area contributed by atoms with Crippen molar-refractivity contribution in [2.75, 3.05) is 20.6 Å². The van der Waals surface area contributed by atoms with Gasteiger partial charge in [0.15, 0.2) is 0 Å². The van der Waals surface area contributed by atoms with Gasteiger partial charge in [0.1, 0.15) is 0 Å². The summed E-state index contributed by atoms with van der Waals surface area (Å²) in [6.07, 6.45) is 5.24. The van der Waals surface area contributed by atoms with E-state index in [2.05, 4.69) is 38.2 Å². The third-order valence-corrected chi connectivity index (χ3v) is 4.49. The number of hydrogen-bond acceptors (Lipinski definition) is 3. The van der Waals surface area contributed by atoms with E-state index in [9.17, 15) is 4.79 Å². The van der Waals surface area contributed by atoms with Crippen LogP contribution in [0.3, 0.4) is 0 Å². The lowest BCUT2D eigenvalue weighted by Gasteiger charge is -2.31. The molecule has 0 aliphatic carbocycles. The predicted molar refractivity (Wildman–Crippen MR) is 91.2 cm³/mol. The molecule has 3 unspecified atom stereocenters. The lowest BCUT2D eigenvalue weighted by molar-refractivity contribution is -0.125. The lowest BCUT2D eigenvalue weighted by Crippen LogP contribution is -2.45. The van der Waals surface area contributed by atoms with Crippen molar-refractivity contribution >= 4 is 5.91 Å². The molecule has 1 amide bonds. The highest BCUT2D eigenvalue weighted by Crippen LogP contribution is 2.17. The largest absolute Gasteiger partial charge is 0.354 e. The maximum absolute atomic E-state index is 12.2. The van der Waals surface area contributed by atoms with Gasteiger partial charge in [0.2, 0.25) is 5.91 Å². The van der Waals surface area contributed by atoms with E-state index < -0.39 is 0 Å². The lowest BCUT2D eigenvalue weighted by atomic mass is 9.93. The van der Waals surface area contributed by atoms with E-state index in [0.29, 0.717) is 12.0 Å². The van der Waals surface area contributed by atoms with E-state index >= 15 is 0 Å². The first-order valence-corrected chi connectivity index (χ1v) is 8.53. The van der Waals surface area contributed by atoms with Gasteiger partial charge in [0.25, 0.3) is 0 Å². The zero-order chi connectivity index (χ0) is 16.4. The van der Waals surface area contributed by atoms with Gasteiger partial charge in [0.05, 0.1) is 0 Å². The van der Waals surface area contributed by atoms with Crippen LogP contribution in [0, 0.1) is 11.8 Å². The van der Waals surface area contributed by atoms with Crippen LogP contribution >= 0.6 is 0 Å². The van der Waals surface area contributed by atoms with Gasteiger partial charge in [-0.3, -0.25) is 4.79 Å². The van der Waals surface area contributed by atoms with Gasteiger partial charge < -0.3 is 16.0 Å². The van der Waals surface area contributed by atoms with Gasteiger partial charge in [-0.1, -0.05) is 40.0 Å². The summed E-state index contributed by atoms with van der Waals surface area (Å²) in [4.78, 5) is 14.4. The molecule has 0 saturated carbocycles. The highest BCUT2D eigenvalue weighted by molar-refractivity contribution is 5.78. The van der Waals surface area contributed by atoms with Gasteiger partial charge in [-0.05, 0) is 39.8 Å². The highest BCUT2D eigenvalue weighted by Gasteiger charge is 2.22. The van der Waals surface area contributed by atoms with Crippen LogP contribution in [0.5, 0.6) is 0 Å². The van der Waals surface area contributed by atoms with E-state index in [-0.39, 0.29) is 17.9 Å². The third kappa shape index (κ3) is 8.42. The molecular weight excluding hydrogens is 262 g/mol. The molecule has 0 aromatic heterocycles. The Hall–Kier alpha value is -0.610. The molecule has 4 nitrogen and oxygen atoms in total. The molecule has 0 fully saturated rings. The average Bonchev–Trinajstić information content (AvgIpc) is 2.42. The molecule has 0 heterocycles. The molecule has 0 aromatic rings. The minimum Gasteiger partial charge on any atom is -0.354 e. The fourth-order valence-corrected chi connectivity index (χ4v) is 2.86. The van der Waals surface area contributed by atoms with Crippen LogP contribution < -0.4 is 11.1 Å². The number of hydrogen-bond donors (Lipinski definition) is 2. The van der Waals surface area contributed by atoms with Crippen molar-refractivity contribution in [1.82, 2.24) is 10.2 Å². The number of carbonyl (C=O) groups is 1. The Bertz CT molecular complexity index is 275. The normalized spacial score (nSPS) is 16.0. The highest BCUT2D eigenvalue weighted by atomic mass is 16.1. The molecule has 0 radical (unpaired) electrons. The molecule has 21 heavy (non-hydrogen) atoms. The van der Waals surface area contributed by atoms with Crippen molar-refractivity contribution in [3.8, 4) is 0 Å². The van der Waals surface area contributed by atoms with Crippen LogP contribution in [-0.4, -0.2) is 43.5 Å². The molecule has 4 heteroatoms. The fraction of sp³-hybridized carbons (Fsp3) is 0.941. The van der Waals surface area contributed by atoms with Crippen molar-refractivity contribution in [3.63, 3.8) is 0 Å². The average molecular weight is 300 g/mol. The molecule has 0 bridgehead atoms. The zero-order valence-corrected chi connectivity index (χ0v) is 15.0.